The molecule has 0 bridgehead atoms. The van der Waals surface area contributed by atoms with Crippen molar-refractivity contribution >= 4 is 17.5 Å². The number of carbonyl (C=O) groups is 1. The van der Waals surface area contributed by atoms with Gasteiger partial charge < -0.3 is 4.74 Å². The summed E-state index contributed by atoms with van der Waals surface area (Å²) in [6.07, 6.45) is 0. The Labute approximate surface area is 122 Å². The molecule has 0 saturated heterocycles. The number of hydrogen-bond donors (Lipinski definition) is 1. The molecule has 0 aliphatic heterocycles. The number of hydrogen-bond acceptors (Lipinski definition) is 3. The van der Waals surface area contributed by atoms with Crippen molar-refractivity contribution in [3.63, 3.8) is 0 Å². The van der Waals surface area contributed by atoms with Crippen molar-refractivity contribution in [2.75, 3.05) is 6.61 Å². The first-order valence-electron chi connectivity index (χ1n) is 6.07. The van der Waals surface area contributed by atoms with E-state index in [4.69, 9.17) is 21.2 Å². The molecule has 0 spiro atoms. The van der Waals surface area contributed by atoms with Gasteiger partial charge in [-0.25, -0.2) is 5.48 Å². The Morgan fingerprint density at radius 3 is 2.45 bits per heavy atom. The van der Waals surface area contributed by atoms with Crippen molar-refractivity contribution in [3.8, 4) is 5.75 Å². The Hall–Kier alpha value is -2.04. The fraction of sp³-hybridized carbons (Fsp3) is 0.133. The predicted octanol–water partition coefficient (Wildman–Crippen LogP) is 2.97. The number of hydroxylamine groups is 1. The first-order valence-corrected chi connectivity index (χ1v) is 6.45. The third kappa shape index (κ3) is 4.91. The van der Waals surface area contributed by atoms with E-state index in [1.165, 1.54) is 0 Å². The maximum atomic E-state index is 11.5. The van der Waals surface area contributed by atoms with Gasteiger partial charge in [-0.3, -0.25) is 9.63 Å². The highest BCUT2D eigenvalue weighted by Gasteiger charge is 2.03. The van der Waals surface area contributed by atoms with Crippen LogP contribution in [0.4, 0.5) is 0 Å². The van der Waals surface area contributed by atoms with E-state index in [0.29, 0.717) is 17.4 Å². The lowest BCUT2D eigenvalue weighted by Gasteiger charge is -2.07. The second kappa shape index (κ2) is 7.53. The minimum Gasteiger partial charge on any atom is -0.484 e. The number of ether oxygens (including phenoxy) is 1. The largest absolute Gasteiger partial charge is 0.484 e. The molecule has 5 heteroatoms. The molecule has 1 N–H and O–H groups in total. The molecule has 1 amide bonds. The van der Waals surface area contributed by atoms with E-state index < -0.39 is 0 Å². The summed E-state index contributed by atoms with van der Waals surface area (Å²) in [5, 5.41) is 0.619. The highest BCUT2D eigenvalue weighted by molar-refractivity contribution is 6.30. The molecular formula is C15H14ClNO3. The van der Waals surface area contributed by atoms with Gasteiger partial charge in [0.15, 0.2) is 6.61 Å². The summed E-state index contributed by atoms with van der Waals surface area (Å²) in [4.78, 5) is 16.6. The predicted molar refractivity (Wildman–Crippen MR) is 76.3 cm³/mol. The van der Waals surface area contributed by atoms with Crippen LogP contribution >= 0.6 is 11.6 Å². The summed E-state index contributed by atoms with van der Waals surface area (Å²) in [6.45, 7) is 0.198. The number of rotatable bonds is 6. The molecule has 0 atom stereocenters. The van der Waals surface area contributed by atoms with Crippen LogP contribution in [0, 0.1) is 0 Å². The van der Waals surface area contributed by atoms with E-state index in [-0.39, 0.29) is 12.5 Å². The monoisotopic (exact) mass is 291 g/mol. The summed E-state index contributed by atoms with van der Waals surface area (Å²) in [7, 11) is 0. The van der Waals surface area contributed by atoms with Crippen molar-refractivity contribution in [2.24, 2.45) is 0 Å². The van der Waals surface area contributed by atoms with Gasteiger partial charge in [-0.2, -0.15) is 0 Å². The molecule has 20 heavy (non-hydrogen) atoms. The van der Waals surface area contributed by atoms with Crippen LogP contribution in [-0.2, 0) is 16.2 Å². The fourth-order valence-electron chi connectivity index (χ4n) is 1.48. The smallest absolute Gasteiger partial charge is 0.281 e. The van der Waals surface area contributed by atoms with Crippen LogP contribution in [0.15, 0.2) is 54.6 Å². The lowest BCUT2D eigenvalue weighted by molar-refractivity contribution is -0.136. The minimum absolute atomic E-state index is 0.115. The van der Waals surface area contributed by atoms with Crippen LogP contribution in [0.25, 0.3) is 0 Å². The highest BCUT2D eigenvalue weighted by Crippen LogP contribution is 2.15. The third-order valence-corrected chi connectivity index (χ3v) is 2.70. The fourth-order valence-corrected chi connectivity index (χ4v) is 1.61. The molecule has 0 fully saturated rings. The normalized spacial score (nSPS) is 10.1. The Morgan fingerprint density at radius 1 is 1.05 bits per heavy atom. The van der Waals surface area contributed by atoms with Gasteiger partial charge in [0, 0.05) is 5.02 Å². The van der Waals surface area contributed by atoms with Crippen LogP contribution in [0.1, 0.15) is 5.56 Å². The lowest BCUT2D eigenvalue weighted by Crippen LogP contribution is -2.28. The van der Waals surface area contributed by atoms with Crippen molar-refractivity contribution in [1.29, 1.82) is 0 Å². The number of halogens is 1. The second-order valence-corrected chi connectivity index (χ2v) is 4.48. The first kappa shape index (κ1) is 14.4. The molecule has 0 unspecified atom stereocenters. The standard InChI is InChI=1S/C15H14ClNO3/c16-13-6-8-14(9-7-13)19-11-15(18)17-20-10-12-4-2-1-3-5-12/h1-9H,10-11H2,(H,17,18). The zero-order chi connectivity index (χ0) is 14.2. The summed E-state index contributed by atoms with van der Waals surface area (Å²) in [5.41, 5.74) is 3.30. The molecule has 104 valence electrons. The van der Waals surface area contributed by atoms with Crippen LogP contribution in [-0.4, -0.2) is 12.5 Å². The molecule has 0 heterocycles. The van der Waals surface area contributed by atoms with Crippen LogP contribution in [0.3, 0.4) is 0 Å². The molecule has 0 aliphatic carbocycles. The van der Waals surface area contributed by atoms with Crippen LogP contribution in [0.5, 0.6) is 5.75 Å². The summed E-state index contributed by atoms with van der Waals surface area (Å²) < 4.78 is 5.27. The number of benzene rings is 2. The highest BCUT2D eigenvalue weighted by atomic mass is 35.5. The van der Waals surface area contributed by atoms with Gasteiger partial charge in [0.25, 0.3) is 5.91 Å². The van der Waals surface area contributed by atoms with Gasteiger partial charge in [0.2, 0.25) is 0 Å². The Bertz CT molecular complexity index is 543. The molecule has 4 nitrogen and oxygen atoms in total. The number of carbonyl (C=O) groups excluding carboxylic acids is 1. The average molecular weight is 292 g/mol. The van der Waals surface area contributed by atoms with Gasteiger partial charge in [-0.05, 0) is 29.8 Å². The van der Waals surface area contributed by atoms with E-state index >= 15 is 0 Å². The molecule has 2 aromatic rings. The zero-order valence-electron chi connectivity index (χ0n) is 10.7. The van der Waals surface area contributed by atoms with Gasteiger partial charge >= 0.3 is 0 Å². The van der Waals surface area contributed by atoms with Crippen molar-refractivity contribution in [1.82, 2.24) is 5.48 Å². The summed E-state index contributed by atoms with van der Waals surface area (Å²) in [6, 6.07) is 16.3. The third-order valence-electron chi connectivity index (χ3n) is 2.45. The van der Waals surface area contributed by atoms with Crippen molar-refractivity contribution in [2.45, 2.75) is 6.61 Å². The van der Waals surface area contributed by atoms with E-state index in [1.54, 1.807) is 24.3 Å². The van der Waals surface area contributed by atoms with E-state index in [2.05, 4.69) is 5.48 Å². The molecule has 2 rings (SSSR count). The molecule has 0 aliphatic rings. The van der Waals surface area contributed by atoms with Crippen LogP contribution in [0.2, 0.25) is 5.02 Å². The van der Waals surface area contributed by atoms with Gasteiger partial charge in [-0.15, -0.1) is 0 Å². The van der Waals surface area contributed by atoms with Crippen molar-refractivity contribution in [3.05, 3.63) is 65.2 Å². The lowest BCUT2D eigenvalue weighted by atomic mass is 10.2. The van der Waals surface area contributed by atoms with E-state index in [1.807, 2.05) is 30.3 Å². The molecular weight excluding hydrogens is 278 g/mol. The zero-order valence-corrected chi connectivity index (χ0v) is 11.5. The molecule has 0 radical (unpaired) electrons. The molecule has 0 aromatic heterocycles. The summed E-state index contributed by atoms with van der Waals surface area (Å²) in [5.74, 6) is 0.225. The number of nitrogens with one attached hydrogen (secondary N) is 1. The quantitative estimate of drug-likeness (QED) is 0.832. The first-order chi connectivity index (χ1) is 9.74. The maximum Gasteiger partial charge on any atom is 0.281 e. The minimum atomic E-state index is -0.351. The molecule has 0 saturated carbocycles. The Kier molecular flexibility index (Phi) is 5.41. The summed E-state index contributed by atoms with van der Waals surface area (Å²) >= 11 is 5.75. The van der Waals surface area contributed by atoms with Gasteiger partial charge in [0.1, 0.15) is 5.75 Å². The number of amides is 1. The van der Waals surface area contributed by atoms with Gasteiger partial charge in [0.05, 0.1) is 6.61 Å². The topological polar surface area (TPSA) is 47.6 Å². The van der Waals surface area contributed by atoms with E-state index in [0.717, 1.165) is 5.56 Å². The SMILES string of the molecule is O=C(COc1ccc(Cl)cc1)NOCc1ccccc1. The van der Waals surface area contributed by atoms with Crippen molar-refractivity contribution < 1.29 is 14.4 Å². The van der Waals surface area contributed by atoms with Crippen LogP contribution < -0.4 is 10.2 Å². The second-order valence-electron chi connectivity index (χ2n) is 4.04. The molecule has 2 aromatic carbocycles. The van der Waals surface area contributed by atoms with Gasteiger partial charge in [-0.1, -0.05) is 41.9 Å². The average Bonchev–Trinajstić information content (AvgIpc) is 2.48. The maximum absolute atomic E-state index is 11.5. The van der Waals surface area contributed by atoms with E-state index in [9.17, 15) is 4.79 Å². The Balaban J connectivity index is 1.67. The Morgan fingerprint density at radius 2 is 1.75 bits per heavy atom.